The Labute approximate surface area is 167 Å². The van der Waals surface area contributed by atoms with Gasteiger partial charge in [-0.2, -0.15) is 5.53 Å². The average molecular weight is 392 g/mol. The largest absolute Gasteiger partial charge is 0.491 e. The number of nitrogens with zero attached hydrogens (tertiary/aromatic N) is 3. The first-order valence-electron chi connectivity index (χ1n) is 10.5. The Morgan fingerprint density at radius 3 is 2.33 bits per heavy atom. The van der Waals surface area contributed by atoms with Crippen molar-refractivity contribution in [2.45, 2.75) is 72.1 Å². The smallest absolute Gasteiger partial charge is 0.186 e. The summed E-state index contributed by atoms with van der Waals surface area (Å²) in [6, 6.07) is 4.01. The fraction of sp³-hybridized carbons (Fsp3) is 0.667. The second-order valence-electron chi connectivity index (χ2n) is 7.02. The van der Waals surface area contributed by atoms with Crippen LogP contribution in [-0.4, -0.2) is 24.7 Å². The van der Waals surface area contributed by atoms with Crippen LogP contribution in [0.2, 0.25) is 0 Å². The summed E-state index contributed by atoms with van der Waals surface area (Å²) in [7, 11) is 0. The van der Waals surface area contributed by atoms with E-state index in [9.17, 15) is 0 Å². The predicted octanol–water partition coefficient (Wildman–Crippen LogP) is 5.50. The third-order valence-electron chi connectivity index (χ3n) is 4.69. The molecule has 0 aliphatic heterocycles. The van der Waals surface area contributed by atoms with E-state index in [1.165, 1.54) is 44.9 Å². The lowest BCUT2D eigenvalue weighted by atomic mass is 10.2. The number of rotatable bonds is 14. The summed E-state index contributed by atoms with van der Waals surface area (Å²) < 4.78 is 7.08. The zero-order valence-corrected chi connectivity index (χ0v) is 18.0. The zero-order chi connectivity index (χ0) is 19.5. The number of unbranched alkanes of at least 4 members (excludes halogenated alkanes) is 5. The quantitative estimate of drug-likeness (QED) is 0.341. The van der Waals surface area contributed by atoms with Crippen molar-refractivity contribution in [2.75, 3.05) is 24.6 Å². The molecule has 6 heteroatoms. The van der Waals surface area contributed by atoms with Crippen molar-refractivity contribution in [1.29, 1.82) is 0 Å². The normalized spacial score (nSPS) is 11.1. The number of hydrogen-bond acceptors (Lipinski definition) is 5. The molecule has 0 atom stereocenters. The van der Waals surface area contributed by atoms with Crippen LogP contribution in [0, 0.1) is 0 Å². The van der Waals surface area contributed by atoms with Crippen LogP contribution >= 0.6 is 11.3 Å². The summed E-state index contributed by atoms with van der Waals surface area (Å²) in [4.78, 5) is 7.31. The molecule has 0 saturated heterocycles. The van der Waals surface area contributed by atoms with Crippen molar-refractivity contribution in [3.05, 3.63) is 12.1 Å². The first-order valence-corrected chi connectivity index (χ1v) is 11.3. The van der Waals surface area contributed by atoms with Crippen molar-refractivity contribution >= 4 is 32.4 Å². The molecule has 5 nitrogen and oxygen atoms in total. The Balaban J connectivity index is 2.17. The van der Waals surface area contributed by atoms with Gasteiger partial charge in [-0.1, -0.05) is 64.2 Å². The number of aromatic nitrogens is 1. The van der Waals surface area contributed by atoms with E-state index >= 15 is 0 Å². The van der Waals surface area contributed by atoms with E-state index in [0.717, 1.165) is 40.6 Å². The van der Waals surface area contributed by atoms with Crippen molar-refractivity contribution in [1.82, 2.24) is 4.98 Å². The maximum Gasteiger partial charge on any atom is 0.186 e. The number of nitrogens with two attached hydrogens (primary N) is 1. The maximum absolute atomic E-state index is 5.96. The van der Waals surface area contributed by atoms with Gasteiger partial charge in [-0.25, -0.2) is 4.98 Å². The van der Waals surface area contributed by atoms with E-state index in [0.29, 0.717) is 12.3 Å². The summed E-state index contributed by atoms with van der Waals surface area (Å²) in [6.07, 6.45) is 9.49. The van der Waals surface area contributed by atoms with Crippen LogP contribution in [0.4, 0.5) is 10.8 Å². The molecular formula is C21H35N4OS+. The molecule has 150 valence electrons. The molecule has 0 radical (unpaired) electrons. The predicted molar refractivity (Wildman–Crippen MR) is 115 cm³/mol. The Kier molecular flexibility index (Phi) is 9.53. The van der Waals surface area contributed by atoms with Crippen molar-refractivity contribution < 1.29 is 10.3 Å². The number of hydrogen-bond donors (Lipinski definition) is 1. The molecule has 27 heavy (non-hydrogen) atoms. The monoisotopic (exact) mass is 391 g/mol. The number of thiazole rings is 1. The van der Waals surface area contributed by atoms with Crippen LogP contribution in [0.15, 0.2) is 17.2 Å². The van der Waals surface area contributed by atoms with Gasteiger partial charge in [0.15, 0.2) is 16.6 Å². The molecule has 1 aromatic carbocycles. The van der Waals surface area contributed by atoms with Crippen molar-refractivity contribution in [3.8, 4) is 5.75 Å². The number of anilines is 1. The molecule has 0 fully saturated rings. The minimum atomic E-state index is 0.699. The van der Waals surface area contributed by atoms with Crippen LogP contribution in [-0.2, 0) is 0 Å². The molecule has 1 aromatic heterocycles. The minimum absolute atomic E-state index is 0.699. The van der Waals surface area contributed by atoms with Gasteiger partial charge in [0.2, 0.25) is 0 Å². The van der Waals surface area contributed by atoms with Crippen LogP contribution in [0.3, 0.4) is 0 Å². The van der Waals surface area contributed by atoms with Gasteiger partial charge in [-0.05, 0) is 30.4 Å². The average Bonchev–Trinajstić information content (AvgIpc) is 3.09. The highest BCUT2D eigenvalue weighted by Crippen LogP contribution is 2.37. The van der Waals surface area contributed by atoms with Gasteiger partial charge in [0.1, 0.15) is 0 Å². The second-order valence-corrected chi connectivity index (χ2v) is 8.03. The van der Waals surface area contributed by atoms with E-state index in [1.54, 1.807) is 11.3 Å². The summed E-state index contributed by atoms with van der Waals surface area (Å²) in [5.74, 6) is 0.743. The van der Waals surface area contributed by atoms with Gasteiger partial charge in [0.05, 0.1) is 16.8 Å². The lowest BCUT2D eigenvalue weighted by molar-refractivity contribution is -0.210. The molecule has 2 rings (SSSR count). The van der Waals surface area contributed by atoms with Crippen molar-refractivity contribution in [2.24, 2.45) is 5.11 Å². The van der Waals surface area contributed by atoms with E-state index < -0.39 is 0 Å². The molecule has 2 aromatic rings. The Morgan fingerprint density at radius 1 is 1.00 bits per heavy atom. The van der Waals surface area contributed by atoms with Crippen LogP contribution in [0.5, 0.6) is 5.75 Å². The van der Waals surface area contributed by atoms with Gasteiger partial charge in [0, 0.05) is 19.2 Å². The fourth-order valence-corrected chi connectivity index (χ4v) is 4.03. The zero-order valence-electron chi connectivity index (χ0n) is 17.2. The minimum Gasteiger partial charge on any atom is -0.491 e. The van der Waals surface area contributed by atoms with E-state index in [4.69, 9.17) is 15.3 Å². The molecule has 1 heterocycles. The van der Waals surface area contributed by atoms with Crippen LogP contribution in [0.25, 0.3) is 10.2 Å². The van der Waals surface area contributed by atoms with Crippen LogP contribution < -0.4 is 15.2 Å². The molecule has 0 aliphatic rings. The first kappa shape index (κ1) is 21.6. The molecule has 0 aliphatic carbocycles. The summed E-state index contributed by atoms with van der Waals surface area (Å²) in [5.41, 5.74) is 7.30. The van der Waals surface area contributed by atoms with Gasteiger partial charge in [-0.3, -0.25) is 0 Å². The molecule has 0 saturated carbocycles. The number of benzene rings is 1. The highest BCUT2D eigenvalue weighted by Gasteiger charge is 2.15. The highest BCUT2D eigenvalue weighted by molar-refractivity contribution is 7.22. The number of ether oxygens (including phenoxy) is 1. The van der Waals surface area contributed by atoms with Gasteiger partial charge in [-0.15, -0.1) is 0 Å². The van der Waals surface area contributed by atoms with Gasteiger partial charge >= 0.3 is 0 Å². The van der Waals surface area contributed by atoms with Gasteiger partial charge in [0.25, 0.3) is 0 Å². The Morgan fingerprint density at radius 2 is 1.70 bits per heavy atom. The molecular weight excluding hydrogens is 356 g/mol. The SMILES string of the molecule is CCCCCCOc1cc2nc(N(CCCC)CCCC)sc2cc1N=[NH2+]. The summed E-state index contributed by atoms with van der Waals surface area (Å²) >= 11 is 1.72. The fourth-order valence-electron chi connectivity index (χ4n) is 3.00. The maximum atomic E-state index is 5.96. The third kappa shape index (κ3) is 6.45. The number of fused-ring (bicyclic) bond motifs is 1. The van der Waals surface area contributed by atoms with Crippen LogP contribution in [0.1, 0.15) is 72.1 Å². The standard InChI is InChI=1S/C21H34N4OS/c1-4-7-10-11-14-26-19-15-18-20(16-17(19)24-22)27-21(23-18)25(12-8-5-2)13-9-6-3/h15-16,22H,4-14H2,1-3H3/p+1. The van der Waals surface area contributed by atoms with Crippen molar-refractivity contribution in [3.63, 3.8) is 0 Å². The lowest BCUT2D eigenvalue weighted by Gasteiger charge is -2.21. The van der Waals surface area contributed by atoms with E-state index in [-0.39, 0.29) is 0 Å². The third-order valence-corrected chi connectivity index (χ3v) is 5.77. The molecule has 0 bridgehead atoms. The first-order chi connectivity index (χ1) is 13.2. The highest BCUT2D eigenvalue weighted by atomic mass is 32.1. The lowest BCUT2D eigenvalue weighted by Crippen LogP contribution is -2.25. The Hall–Kier alpha value is -1.69. The second kappa shape index (κ2) is 11.9. The topological polar surface area (TPSA) is 63.3 Å². The molecule has 0 spiro atoms. The molecule has 0 amide bonds. The van der Waals surface area contributed by atoms with Gasteiger partial charge < -0.3 is 9.64 Å². The molecule has 0 unspecified atom stereocenters. The summed E-state index contributed by atoms with van der Waals surface area (Å²) in [5, 5.41) is 5.02. The van der Waals surface area contributed by atoms with E-state index in [1.807, 2.05) is 12.1 Å². The van der Waals surface area contributed by atoms with E-state index in [2.05, 4.69) is 30.8 Å². The molecule has 2 N–H and O–H groups in total. The Bertz CT molecular complexity index is 693. The summed E-state index contributed by atoms with van der Waals surface area (Å²) in [6.45, 7) is 9.50.